The molecule has 0 heterocycles. The van der Waals surface area contributed by atoms with Crippen molar-refractivity contribution in [3.05, 3.63) is 34.1 Å². The van der Waals surface area contributed by atoms with Crippen LogP contribution in [0.1, 0.15) is 10.4 Å². The zero-order chi connectivity index (χ0) is 9.14. The van der Waals surface area contributed by atoms with Gasteiger partial charge in [0.05, 0.1) is 17.1 Å². The van der Waals surface area contributed by atoms with Crippen molar-refractivity contribution >= 4 is 21.9 Å². The van der Waals surface area contributed by atoms with Gasteiger partial charge >= 0.3 is 5.97 Å². The summed E-state index contributed by atoms with van der Waals surface area (Å²) in [6, 6.07) is 4.20. The van der Waals surface area contributed by atoms with Crippen LogP contribution in [0.5, 0.6) is 0 Å². The van der Waals surface area contributed by atoms with Gasteiger partial charge < -0.3 is 4.74 Å². The van der Waals surface area contributed by atoms with E-state index in [-0.39, 0.29) is 10.0 Å². The molecule has 4 heteroatoms. The molecular formula is C8H6BrFO2. The summed E-state index contributed by atoms with van der Waals surface area (Å²) >= 11 is 2.95. The van der Waals surface area contributed by atoms with Gasteiger partial charge in [-0.15, -0.1) is 0 Å². The van der Waals surface area contributed by atoms with Crippen molar-refractivity contribution in [2.45, 2.75) is 0 Å². The molecule has 0 saturated carbocycles. The van der Waals surface area contributed by atoms with E-state index in [1.54, 1.807) is 0 Å². The van der Waals surface area contributed by atoms with Crippen LogP contribution in [-0.4, -0.2) is 13.1 Å². The number of benzene rings is 1. The minimum atomic E-state index is -0.554. The average Bonchev–Trinajstić information content (AvgIpc) is 2.08. The number of hydrogen-bond acceptors (Lipinski definition) is 2. The van der Waals surface area contributed by atoms with Gasteiger partial charge in [-0.05, 0) is 28.1 Å². The number of carbonyl (C=O) groups is 1. The van der Waals surface area contributed by atoms with Crippen molar-refractivity contribution < 1.29 is 13.9 Å². The van der Waals surface area contributed by atoms with Gasteiger partial charge in [0.15, 0.2) is 0 Å². The molecule has 0 spiro atoms. The Balaban J connectivity index is 3.16. The number of esters is 1. The first-order valence-electron chi connectivity index (χ1n) is 3.19. The van der Waals surface area contributed by atoms with E-state index in [1.165, 1.54) is 25.3 Å². The summed E-state index contributed by atoms with van der Waals surface area (Å²) in [6.45, 7) is 0. The maximum absolute atomic E-state index is 12.8. The normalized spacial score (nSPS) is 9.58. The van der Waals surface area contributed by atoms with Gasteiger partial charge in [-0.3, -0.25) is 0 Å². The van der Waals surface area contributed by atoms with Crippen LogP contribution in [0.2, 0.25) is 0 Å². The third kappa shape index (κ3) is 1.64. The summed E-state index contributed by atoms with van der Waals surface area (Å²) in [4.78, 5) is 11.0. The molecule has 0 aliphatic heterocycles. The largest absolute Gasteiger partial charge is 0.465 e. The Morgan fingerprint density at radius 3 is 2.83 bits per heavy atom. The zero-order valence-corrected chi connectivity index (χ0v) is 7.89. The molecule has 0 fully saturated rings. The van der Waals surface area contributed by atoms with Crippen molar-refractivity contribution in [3.63, 3.8) is 0 Å². The molecule has 0 bridgehead atoms. The molecule has 0 amide bonds. The maximum Gasteiger partial charge on any atom is 0.339 e. The molecule has 0 radical (unpaired) electrons. The summed E-state index contributed by atoms with van der Waals surface area (Å²) < 4.78 is 17.4. The molecule has 1 aromatic rings. The maximum atomic E-state index is 12.8. The Kier molecular flexibility index (Phi) is 2.81. The fourth-order valence-corrected chi connectivity index (χ4v) is 1.20. The molecule has 0 aliphatic carbocycles. The average molecular weight is 233 g/mol. The fourth-order valence-electron chi connectivity index (χ4n) is 0.771. The minimum Gasteiger partial charge on any atom is -0.465 e. The SMILES string of the molecule is COC(=O)c1cccc(F)c1Br. The smallest absolute Gasteiger partial charge is 0.339 e. The van der Waals surface area contributed by atoms with Crippen LogP contribution >= 0.6 is 15.9 Å². The van der Waals surface area contributed by atoms with E-state index < -0.39 is 11.8 Å². The quantitative estimate of drug-likeness (QED) is 0.696. The van der Waals surface area contributed by atoms with Crippen LogP contribution in [0, 0.1) is 5.82 Å². The number of ether oxygens (including phenoxy) is 1. The van der Waals surface area contributed by atoms with Gasteiger partial charge in [0.25, 0.3) is 0 Å². The van der Waals surface area contributed by atoms with Crippen molar-refractivity contribution in [1.82, 2.24) is 0 Å². The summed E-state index contributed by atoms with van der Waals surface area (Å²) in [7, 11) is 1.25. The molecule has 0 aromatic heterocycles. The highest BCUT2D eigenvalue weighted by Gasteiger charge is 2.12. The summed E-state index contributed by atoms with van der Waals surface area (Å²) in [5.41, 5.74) is 0.192. The van der Waals surface area contributed by atoms with E-state index >= 15 is 0 Å². The molecule has 0 saturated heterocycles. The van der Waals surface area contributed by atoms with Crippen molar-refractivity contribution in [2.24, 2.45) is 0 Å². The van der Waals surface area contributed by atoms with Gasteiger partial charge in [-0.2, -0.15) is 0 Å². The highest BCUT2D eigenvalue weighted by atomic mass is 79.9. The Morgan fingerprint density at radius 1 is 1.58 bits per heavy atom. The lowest BCUT2D eigenvalue weighted by Gasteiger charge is -2.01. The predicted octanol–water partition coefficient (Wildman–Crippen LogP) is 2.37. The van der Waals surface area contributed by atoms with Crippen molar-refractivity contribution in [3.8, 4) is 0 Å². The van der Waals surface area contributed by atoms with Crippen LogP contribution in [0.15, 0.2) is 22.7 Å². The van der Waals surface area contributed by atoms with Crippen LogP contribution in [-0.2, 0) is 4.74 Å². The highest BCUT2D eigenvalue weighted by Crippen LogP contribution is 2.20. The third-order valence-corrected chi connectivity index (χ3v) is 2.16. The van der Waals surface area contributed by atoms with Crippen molar-refractivity contribution in [1.29, 1.82) is 0 Å². The van der Waals surface area contributed by atoms with Gasteiger partial charge in [-0.25, -0.2) is 9.18 Å². The second kappa shape index (κ2) is 3.67. The highest BCUT2D eigenvalue weighted by molar-refractivity contribution is 9.10. The van der Waals surface area contributed by atoms with E-state index in [9.17, 15) is 9.18 Å². The van der Waals surface area contributed by atoms with E-state index in [0.717, 1.165) is 0 Å². The molecule has 0 N–H and O–H groups in total. The first kappa shape index (κ1) is 9.19. The molecule has 0 atom stereocenters. The minimum absolute atomic E-state index is 0.136. The molecule has 64 valence electrons. The molecule has 1 aromatic carbocycles. The van der Waals surface area contributed by atoms with Gasteiger partial charge in [0.2, 0.25) is 0 Å². The van der Waals surface area contributed by atoms with E-state index in [2.05, 4.69) is 20.7 Å². The lowest BCUT2D eigenvalue weighted by atomic mass is 10.2. The number of methoxy groups -OCH3 is 1. The molecule has 12 heavy (non-hydrogen) atoms. The summed E-state index contributed by atoms with van der Waals surface area (Å²) in [5.74, 6) is -1.03. The molecule has 1 rings (SSSR count). The number of halogens is 2. The molecular weight excluding hydrogens is 227 g/mol. The number of rotatable bonds is 1. The fraction of sp³-hybridized carbons (Fsp3) is 0.125. The Hall–Kier alpha value is -0.900. The Labute approximate surface area is 77.5 Å². The van der Waals surface area contributed by atoms with Crippen LogP contribution in [0.25, 0.3) is 0 Å². The van der Waals surface area contributed by atoms with Crippen LogP contribution < -0.4 is 0 Å². The number of carbonyl (C=O) groups excluding carboxylic acids is 1. The number of hydrogen-bond donors (Lipinski definition) is 0. The van der Waals surface area contributed by atoms with Gasteiger partial charge in [0, 0.05) is 0 Å². The Bertz CT molecular complexity index is 312. The Morgan fingerprint density at radius 2 is 2.25 bits per heavy atom. The predicted molar refractivity (Wildman–Crippen MR) is 45.4 cm³/mol. The van der Waals surface area contributed by atoms with E-state index in [4.69, 9.17) is 0 Å². The monoisotopic (exact) mass is 232 g/mol. The lowest BCUT2D eigenvalue weighted by Crippen LogP contribution is -2.02. The molecule has 2 nitrogen and oxygen atoms in total. The van der Waals surface area contributed by atoms with Crippen LogP contribution in [0.3, 0.4) is 0 Å². The lowest BCUT2D eigenvalue weighted by molar-refractivity contribution is 0.0599. The third-order valence-electron chi connectivity index (χ3n) is 1.36. The topological polar surface area (TPSA) is 26.3 Å². The second-order valence-electron chi connectivity index (χ2n) is 2.09. The second-order valence-corrected chi connectivity index (χ2v) is 2.89. The standard InChI is InChI=1S/C8H6BrFO2/c1-12-8(11)5-3-2-4-6(10)7(5)9/h2-4H,1H3. The zero-order valence-electron chi connectivity index (χ0n) is 6.30. The molecule has 0 unspecified atom stereocenters. The van der Waals surface area contributed by atoms with Gasteiger partial charge in [0.1, 0.15) is 5.82 Å². The van der Waals surface area contributed by atoms with Crippen molar-refractivity contribution in [2.75, 3.05) is 7.11 Å². The molecule has 0 aliphatic rings. The first-order valence-corrected chi connectivity index (χ1v) is 3.98. The first-order chi connectivity index (χ1) is 5.66. The van der Waals surface area contributed by atoms with E-state index in [1.807, 2.05) is 0 Å². The van der Waals surface area contributed by atoms with E-state index in [0.29, 0.717) is 0 Å². The summed E-state index contributed by atoms with van der Waals surface area (Å²) in [5, 5.41) is 0. The van der Waals surface area contributed by atoms with Gasteiger partial charge in [-0.1, -0.05) is 6.07 Å². The summed E-state index contributed by atoms with van der Waals surface area (Å²) in [6.07, 6.45) is 0. The van der Waals surface area contributed by atoms with Crippen LogP contribution in [0.4, 0.5) is 4.39 Å².